The Labute approximate surface area is 180 Å². The molecule has 0 bridgehead atoms. The molecule has 0 spiro atoms. The van der Waals surface area contributed by atoms with Gasteiger partial charge in [-0.05, 0) is 42.2 Å². The molecular formula is C23H18F3N5O. The first-order valence-electron chi connectivity index (χ1n) is 10.1. The van der Waals surface area contributed by atoms with E-state index >= 15 is 0 Å². The Morgan fingerprint density at radius 3 is 2.53 bits per heavy atom. The first-order valence-corrected chi connectivity index (χ1v) is 10.1. The Kier molecular flexibility index (Phi) is 4.88. The number of amides is 1. The van der Waals surface area contributed by atoms with Gasteiger partial charge in [0.15, 0.2) is 0 Å². The van der Waals surface area contributed by atoms with E-state index in [0.717, 1.165) is 18.4 Å². The van der Waals surface area contributed by atoms with E-state index in [2.05, 4.69) is 25.3 Å². The number of aromatic amines is 1. The van der Waals surface area contributed by atoms with Crippen LogP contribution in [0, 0.1) is 0 Å². The van der Waals surface area contributed by atoms with Crippen molar-refractivity contribution in [2.75, 3.05) is 0 Å². The lowest BCUT2D eigenvalue weighted by Gasteiger charge is -2.20. The van der Waals surface area contributed by atoms with E-state index in [1.807, 2.05) is 30.3 Å². The van der Waals surface area contributed by atoms with E-state index in [-0.39, 0.29) is 22.6 Å². The summed E-state index contributed by atoms with van der Waals surface area (Å²) in [7, 11) is 0. The minimum atomic E-state index is -4.57. The number of carbonyl (C=O) groups excluding carboxylic acids is 1. The maximum Gasteiger partial charge on any atom is 0.449 e. The van der Waals surface area contributed by atoms with Crippen LogP contribution in [0.15, 0.2) is 60.8 Å². The second kappa shape index (κ2) is 7.74. The zero-order valence-corrected chi connectivity index (χ0v) is 16.7. The van der Waals surface area contributed by atoms with Gasteiger partial charge in [0.2, 0.25) is 5.82 Å². The van der Waals surface area contributed by atoms with Gasteiger partial charge in [-0.2, -0.15) is 13.2 Å². The van der Waals surface area contributed by atoms with Crippen molar-refractivity contribution >= 4 is 16.9 Å². The molecule has 5 rings (SSSR count). The van der Waals surface area contributed by atoms with Crippen LogP contribution < -0.4 is 5.32 Å². The number of halogens is 3. The summed E-state index contributed by atoms with van der Waals surface area (Å²) in [5, 5.41) is 2.97. The molecule has 2 heterocycles. The maximum absolute atomic E-state index is 13.0. The number of aromatic nitrogens is 4. The lowest BCUT2D eigenvalue weighted by atomic mass is 9.98. The molecule has 0 aliphatic heterocycles. The van der Waals surface area contributed by atoms with Crippen molar-refractivity contribution < 1.29 is 18.0 Å². The normalized spacial score (nSPS) is 15.0. The van der Waals surface area contributed by atoms with Crippen molar-refractivity contribution in [1.82, 2.24) is 25.3 Å². The van der Waals surface area contributed by atoms with Crippen LogP contribution in [0.1, 0.15) is 58.1 Å². The Bertz CT molecular complexity index is 1280. The topological polar surface area (TPSA) is 83.6 Å². The van der Waals surface area contributed by atoms with Gasteiger partial charge in [0.25, 0.3) is 5.91 Å². The van der Waals surface area contributed by atoms with Crippen molar-refractivity contribution in [3.63, 3.8) is 0 Å². The first kappa shape index (κ1) is 20.2. The summed E-state index contributed by atoms with van der Waals surface area (Å²) in [4.78, 5) is 27.6. The smallest absolute Gasteiger partial charge is 0.340 e. The van der Waals surface area contributed by atoms with Gasteiger partial charge in [-0.1, -0.05) is 36.4 Å². The van der Waals surface area contributed by atoms with Crippen molar-refractivity contribution in [2.45, 2.75) is 31.0 Å². The molecule has 32 heavy (non-hydrogen) atoms. The summed E-state index contributed by atoms with van der Waals surface area (Å²) >= 11 is 0. The summed E-state index contributed by atoms with van der Waals surface area (Å²) in [6.07, 6.45) is -0.968. The van der Waals surface area contributed by atoms with Gasteiger partial charge in [-0.3, -0.25) is 4.79 Å². The summed E-state index contributed by atoms with van der Waals surface area (Å²) in [6, 6.07) is 14.9. The Balaban J connectivity index is 1.50. The lowest BCUT2D eigenvalue weighted by molar-refractivity contribution is -0.144. The maximum atomic E-state index is 13.0. The van der Waals surface area contributed by atoms with E-state index < -0.39 is 18.0 Å². The average Bonchev–Trinajstić information content (AvgIpc) is 3.55. The number of nitrogens with zero attached hydrogens (tertiary/aromatic N) is 3. The predicted molar refractivity (Wildman–Crippen MR) is 111 cm³/mol. The fourth-order valence-electron chi connectivity index (χ4n) is 3.59. The number of H-pyrrole nitrogens is 1. The molecule has 1 aliphatic rings. The fraction of sp³-hybridized carbons (Fsp3) is 0.217. The third-order valence-electron chi connectivity index (χ3n) is 5.37. The Morgan fingerprint density at radius 1 is 1.03 bits per heavy atom. The number of alkyl halides is 3. The number of hydrogen-bond donors (Lipinski definition) is 2. The Morgan fingerprint density at radius 2 is 1.81 bits per heavy atom. The molecule has 6 nitrogen and oxygen atoms in total. The number of carbonyl (C=O) groups is 1. The highest BCUT2D eigenvalue weighted by atomic mass is 19.4. The van der Waals surface area contributed by atoms with Crippen LogP contribution in [-0.2, 0) is 6.18 Å². The molecule has 9 heteroatoms. The zero-order chi connectivity index (χ0) is 22.3. The number of imidazole rings is 1. The lowest BCUT2D eigenvalue weighted by Crippen LogP contribution is -2.30. The highest BCUT2D eigenvalue weighted by Crippen LogP contribution is 2.37. The summed E-state index contributed by atoms with van der Waals surface area (Å²) in [5.41, 5.74) is 2.09. The SMILES string of the molecule is O=C(NC(c1ccccc1)c1ccc2nc(C(F)(F)F)[nH]c2c1)c1ccnc(C2CC2)n1. The summed E-state index contributed by atoms with van der Waals surface area (Å²) in [5.74, 6) is -0.479. The third-order valence-corrected chi connectivity index (χ3v) is 5.37. The first-order chi connectivity index (χ1) is 15.4. The second-order valence-electron chi connectivity index (χ2n) is 7.75. The van der Waals surface area contributed by atoms with E-state index in [0.29, 0.717) is 17.3 Å². The van der Waals surface area contributed by atoms with E-state index in [1.165, 1.54) is 6.07 Å². The molecule has 162 valence electrons. The molecule has 1 fully saturated rings. The monoisotopic (exact) mass is 437 g/mol. The molecule has 2 aromatic heterocycles. The number of fused-ring (bicyclic) bond motifs is 1. The standard InChI is InChI=1S/C23H18F3N5O/c24-23(25,26)22-29-16-9-8-15(12-18(16)30-22)19(13-4-2-1-3-5-13)31-21(32)17-10-11-27-20(28-17)14-6-7-14/h1-5,8-12,14,19H,6-7H2,(H,29,30)(H,31,32). The van der Waals surface area contributed by atoms with Gasteiger partial charge < -0.3 is 10.3 Å². The molecule has 4 aromatic rings. The van der Waals surface area contributed by atoms with Crippen LogP contribution in [0.3, 0.4) is 0 Å². The van der Waals surface area contributed by atoms with Crippen LogP contribution >= 0.6 is 0 Å². The Hall–Kier alpha value is -3.75. The fourth-order valence-corrected chi connectivity index (χ4v) is 3.59. The molecule has 1 aliphatic carbocycles. The number of nitrogens with one attached hydrogen (secondary N) is 2. The largest absolute Gasteiger partial charge is 0.449 e. The number of benzene rings is 2. The molecule has 1 saturated carbocycles. The summed E-state index contributed by atoms with van der Waals surface area (Å²) in [6.45, 7) is 0. The van der Waals surface area contributed by atoms with Crippen LogP contribution in [0.2, 0.25) is 0 Å². The highest BCUT2D eigenvalue weighted by molar-refractivity contribution is 5.92. The zero-order valence-electron chi connectivity index (χ0n) is 16.7. The molecular weight excluding hydrogens is 419 g/mol. The van der Waals surface area contributed by atoms with Gasteiger partial charge in [0, 0.05) is 12.1 Å². The minimum Gasteiger partial charge on any atom is -0.340 e. The van der Waals surface area contributed by atoms with Crippen LogP contribution in [-0.4, -0.2) is 25.8 Å². The second-order valence-corrected chi connectivity index (χ2v) is 7.75. The number of rotatable bonds is 5. The van der Waals surface area contributed by atoms with Gasteiger partial charge in [-0.25, -0.2) is 15.0 Å². The van der Waals surface area contributed by atoms with E-state index in [1.54, 1.807) is 24.4 Å². The van der Waals surface area contributed by atoms with Crippen molar-refractivity contribution in [3.05, 3.63) is 89.3 Å². The molecule has 2 aromatic carbocycles. The highest BCUT2D eigenvalue weighted by Gasteiger charge is 2.35. The van der Waals surface area contributed by atoms with Crippen molar-refractivity contribution in [3.8, 4) is 0 Å². The van der Waals surface area contributed by atoms with Gasteiger partial charge >= 0.3 is 6.18 Å². The van der Waals surface area contributed by atoms with Gasteiger partial charge in [-0.15, -0.1) is 0 Å². The quantitative estimate of drug-likeness (QED) is 0.471. The summed E-state index contributed by atoms with van der Waals surface area (Å²) < 4.78 is 39.1. The minimum absolute atomic E-state index is 0.198. The third kappa shape index (κ3) is 4.05. The van der Waals surface area contributed by atoms with Crippen LogP contribution in [0.4, 0.5) is 13.2 Å². The molecule has 0 saturated heterocycles. The molecule has 0 radical (unpaired) electrons. The van der Waals surface area contributed by atoms with Crippen LogP contribution in [0.25, 0.3) is 11.0 Å². The molecule has 2 N–H and O–H groups in total. The number of hydrogen-bond acceptors (Lipinski definition) is 4. The molecule has 1 amide bonds. The van der Waals surface area contributed by atoms with E-state index in [9.17, 15) is 18.0 Å². The van der Waals surface area contributed by atoms with Crippen molar-refractivity contribution in [1.29, 1.82) is 0 Å². The van der Waals surface area contributed by atoms with Crippen molar-refractivity contribution in [2.24, 2.45) is 0 Å². The molecule has 1 unspecified atom stereocenters. The molecule has 1 atom stereocenters. The van der Waals surface area contributed by atoms with Gasteiger partial charge in [0.05, 0.1) is 17.1 Å². The average molecular weight is 437 g/mol. The van der Waals surface area contributed by atoms with Gasteiger partial charge in [0.1, 0.15) is 11.5 Å². The van der Waals surface area contributed by atoms with E-state index in [4.69, 9.17) is 0 Å². The predicted octanol–water partition coefficient (Wildman–Crippen LogP) is 4.77. The van der Waals surface area contributed by atoms with Crippen LogP contribution in [0.5, 0.6) is 0 Å².